The Balaban J connectivity index is 0.00000112. The van der Waals surface area contributed by atoms with Crippen LogP contribution in [0.5, 0.6) is 0 Å². The van der Waals surface area contributed by atoms with Gasteiger partial charge in [-0.15, -0.1) is 11.8 Å². The molecule has 0 bridgehead atoms. The van der Waals surface area contributed by atoms with Crippen LogP contribution in [0.25, 0.3) is 0 Å². The van der Waals surface area contributed by atoms with Crippen molar-refractivity contribution >= 4 is 23.6 Å². The Morgan fingerprint density at radius 3 is 2.87 bits per heavy atom. The molecule has 76 valence electrons. The topological polar surface area (TPSA) is 60.4 Å². The number of amides is 1. The number of carboxylic acids is 1. The maximum absolute atomic E-state index is 11.2. The van der Waals surface area contributed by atoms with Gasteiger partial charge in [-0.2, -0.15) is 0 Å². The summed E-state index contributed by atoms with van der Waals surface area (Å²) >= 11 is 1.64. The van der Waals surface area contributed by atoms with Crippen molar-refractivity contribution in [2.45, 2.75) is 30.4 Å². The van der Waals surface area contributed by atoms with E-state index in [9.17, 15) is 14.7 Å². The van der Waals surface area contributed by atoms with E-state index in [1.807, 2.05) is 6.92 Å². The zero-order valence-corrected chi connectivity index (χ0v) is 11.5. The van der Waals surface area contributed by atoms with Crippen molar-refractivity contribution in [1.29, 1.82) is 0 Å². The number of aliphatic carboxylic acids is 1. The average molecular weight is 235 g/mol. The van der Waals surface area contributed by atoms with E-state index in [4.69, 9.17) is 0 Å². The molecule has 15 heavy (non-hydrogen) atoms. The third-order valence-corrected chi connectivity index (χ3v) is 3.96. The number of carbonyl (C=O) groups is 2. The number of β-lactam (4-membered cyclic amide) rings is 1. The predicted octanol–water partition coefficient (Wildman–Crippen LogP) is -3.29. The predicted molar refractivity (Wildman–Crippen MR) is 50.0 cm³/mol. The standard InChI is InChI=1S/C9H11NO3S.Na/c1-2-5-3-6(9(12)13)10-7(11)4-8(10)14-5;/h3,5,8H,2,4H2,1H3,(H,12,13);/q;+1/p-1/t5?,8-;/m1./s1. The van der Waals surface area contributed by atoms with Gasteiger partial charge in [-0.1, -0.05) is 6.92 Å². The van der Waals surface area contributed by atoms with Crippen LogP contribution in [0.2, 0.25) is 0 Å². The van der Waals surface area contributed by atoms with Gasteiger partial charge in [-0.3, -0.25) is 9.69 Å². The Morgan fingerprint density at radius 2 is 2.40 bits per heavy atom. The van der Waals surface area contributed by atoms with E-state index in [0.29, 0.717) is 6.42 Å². The van der Waals surface area contributed by atoms with Gasteiger partial charge in [0.05, 0.1) is 23.5 Å². The SMILES string of the molecule is CCC1C=C(C(=O)[O-])N2C(=O)C[C@H]2S1.[Na+]. The Kier molecular flexibility index (Phi) is 4.29. The van der Waals surface area contributed by atoms with E-state index in [1.54, 1.807) is 17.8 Å². The first-order valence-electron chi connectivity index (χ1n) is 4.54. The summed E-state index contributed by atoms with van der Waals surface area (Å²) in [4.78, 5) is 23.2. The van der Waals surface area contributed by atoms with E-state index >= 15 is 0 Å². The molecule has 0 aromatic heterocycles. The van der Waals surface area contributed by atoms with Gasteiger partial charge in [0.25, 0.3) is 0 Å². The fourth-order valence-electron chi connectivity index (χ4n) is 1.66. The molecule has 1 saturated heterocycles. The van der Waals surface area contributed by atoms with E-state index in [-0.39, 0.29) is 51.8 Å². The molecule has 2 atom stereocenters. The molecule has 0 spiro atoms. The first-order valence-corrected chi connectivity index (χ1v) is 5.48. The molecule has 4 nitrogen and oxygen atoms in total. The molecule has 0 N–H and O–H groups in total. The maximum atomic E-state index is 11.2. The van der Waals surface area contributed by atoms with Crippen LogP contribution in [-0.2, 0) is 9.59 Å². The van der Waals surface area contributed by atoms with Gasteiger partial charge in [0, 0.05) is 5.25 Å². The van der Waals surface area contributed by atoms with Crippen LogP contribution >= 0.6 is 11.8 Å². The zero-order chi connectivity index (χ0) is 10.3. The molecule has 2 rings (SSSR count). The molecule has 2 aliphatic rings. The summed E-state index contributed by atoms with van der Waals surface area (Å²) in [6, 6.07) is 0. The fraction of sp³-hybridized carbons (Fsp3) is 0.556. The summed E-state index contributed by atoms with van der Waals surface area (Å²) in [5.41, 5.74) is 0.0526. The van der Waals surface area contributed by atoms with Crippen molar-refractivity contribution in [3.63, 3.8) is 0 Å². The molecule has 1 amide bonds. The second-order valence-corrected chi connectivity index (χ2v) is 4.77. The quantitative estimate of drug-likeness (QED) is 0.372. The molecule has 0 aromatic rings. The Labute approximate surface area is 114 Å². The number of carboxylic acid groups (broad SMARTS) is 1. The first kappa shape index (κ1) is 13.1. The molecular weight excluding hydrogens is 225 g/mol. The van der Waals surface area contributed by atoms with Crippen LogP contribution in [0.1, 0.15) is 19.8 Å². The fourth-order valence-corrected chi connectivity index (χ4v) is 3.06. The maximum Gasteiger partial charge on any atom is 1.00 e. The number of rotatable bonds is 2. The Bertz CT molecular complexity index is 331. The summed E-state index contributed by atoms with van der Waals surface area (Å²) < 4.78 is 0. The van der Waals surface area contributed by atoms with Gasteiger partial charge in [-0.25, -0.2) is 0 Å². The summed E-state index contributed by atoms with van der Waals surface area (Å²) in [6.45, 7) is 2.00. The van der Waals surface area contributed by atoms with Crippen molar-refractivity contribution in [1.82, 2.24) is 4.90 Å². The van der Waals surface area contributed by atoms with Crippen LogP contribution in [0, 0.1) is 0 Å². The minimum absolute atomic E-state index is 0. The number of fused-ring (bicyclic) bond motifs is 1. The van der Waals surface area contributed by atoms with Crippen molar-refractivity contribution in [2.24, 2.45) is 0 Å². The molecule has 0 radical (unpaired) electrons. The number of thioether (sulfide) groups is 1. The second-order valence-electron chi connectivity index (χ2n) is 3.34. The van der Waals surface area contributed by atoms with Crippen molar-refractivity contribution < 1.29 is 44.3 Å². The van der Waals surface area contributed by atoms with Crippen LogP contribution in [-0.4, -0.2) is 27.4 Å². The summed E-state index contributed by atoms with van der Waals surface area (Å²) in [6.07, 6.45) is 2.94. The first-order chi connectivity index (χ1) is 6.63. The summed E-state index contributed by atoms with van der Waals surface area (Å²) in [5.74, 6) is -1.37. The van der Waals surface area contributed by atoms with E-state index in [1.165, 1.54) is 4.90 Å². The summed E-state index contributed by atoms with van der Waals surface area (Å²) in [5, 5.41) is 11.0. The molecule has 2 heterocycles. The van der Waals surface area contributed by atoms with E-state index < -0.39 is 5.97 Å². The monoisotopic (exact) mass is 235 g/mol. The Morgan fingerprint density at radius 1 is 1.73 bits per heavy atom. The Hall–Kier alpha value is 0.0300. The number of nitrogens with zero attached hydrogens (tertiary/aromatic N) is 1. The van der Waals surface area contributed by atoms with Crippen LogP contribution in [0.15, 0.2) is 11.8 Å². The zero-order valence-electron chi connectivity index (χ0n) is 8.73. The average Bonchev–Trinajstić information content (AvgIpc) is 2.14. The van der Waals surface area contributed by atoms with Crippen molar-refractivity contribution in [3.8, 4) is 0 Å². The molecule has 1 fully saturated rings. The second kappa shape index (κ2) is 4.91. The van der Waals surface area contributed by atoms with Gasteiger partial charge in [-0.05, 0) is 12.5 Å². The summed E-state index contributed by atoms with van der Waals surface area (Å²) in [7, 11) is 0. The smallest absolute Gasteiger partial charge is 0.543 e. The molecule has 2 aliphatic heterocycles. The molecule has 0 saturated carbocycles. The minimum Gasteiger partial charge on any atom is -0.543 e. The third-order valence-electron chi connectivity index (χ3n) is 2.45. The van der Waals surface area contributed by atoms with Gasteiger partial charge >= 0.3 is 29.6 Å². The van der Waals surface area contributed by atoms with Crippen LogP contribution < -0.4 is 34.7 Å². The van der Waals surface area contributed by atoms with Crippen molar-refractivity contribution in [2.75, 3.05) is 0 Å². The number of hydrogen-bond acceptors (Lipinski definition) is 4. The van der Waals surface area contributed by atoms with E-state index in [2.05, 4.69) is 0 Å². The molecule has 6 heteroatoms. The van der Waals surface area contributed by atoms with Gasteiger partial charge < -0.3 is 9.90 Å². The largest absolute Gasteiger partial charge is 1.00 e. The van der Waals surface area contributed by atoms with Gasteiger partial charge in [0.15, 0.2) is 0 Å². The van der Waals surface area contributed by atoms with Gasteiger partial charge in [0.1, 0.15) is 0 Å². The number of carbonyl (C=O) groups excluding carboxylic acids is 2. The molecule has 0 aliphatic carbocycles. The number of hydrogen-bond donors (Lipinski definition) is 0. The van der Waals surface area contributed by atoms with Gasteiger partial charge in [0.2, 0.25) is 5.91 Å². The molecular formula is C9H10NNaO3S. The van der Waals surface area contributed by atoms with Crippen molar-refractivity contribution in [3.05, 3.63) is 11.8 Å². The van der Waals surface area contributed by atoms with E-state index in [0.717, 1.165) is 6.42 Å². The van der Waals surface area contributed by atoms with Crippen LogP contribution in [0.3, 0.4) is 0 Å². The molecule has 0 aromatic carbocycles. The van der Waals surface area contributed by atoms with Crippen LogP contribution in [0.4, 0.5) is 0 Å². The third kappa shape index (κ3) is 2.25. The normalized spacial score (nSPS) is 28.5. The minimum atomic E-state index is -1.25. The molecule has 1 unspecified atom stereocenters.